The van der Waals surface area contributed by atoms with Crippen LogP contribution in [0.3, 0.4) is 0 Å². The van der Waals surface area contributed by atoms with Crippen molar-refractivity contribution in [2.24, 2.45) is 11.8 Å². The third-order valence-corrected chi connectivity index (χ3v) is 5.19. The number of carbonyl (C=O) groups is 3. The lowest BCUT2D eigenvalue weighted by molar-refractivity contribution is -0.177. The van der Waals surface area contributed by atoms with Crippen LogP contribution in [0.2, 0.25) is 0 Å². The molecular formula is C21H28BrNO5. The molecule has 6 nitrogen and oxygen atoms in total. The van der Waals surface area contributed by atoms with Gasteiger partial charge in [-0.15, -0.1) is 0 Å². The van der Waals surface area contributed by atoms with Gasteiger partial charge in [0, 0.05) is 4.83 Å². The van der Waals surface area contributed by atoms with Crippen LogP contribution in [0.25, 0.3) is 0 Å². The summed E-state index contributed by atoms with van der Waals surface area (Å²) in [5, 5.41) is 0. The molecule has 0 unspecified atom stereocenters. The first-order chi connectivity index (χ1) is 13.0. The topological polar surface area (TPSA) is 72.9 Å². The summed E-state index contributed by atoms with van der Waals surface area (Å²) in [5.74, 6) is -2.00. The second kappa shape index (κ2) is 9.07. The predicted octanol–water partition coefficient (Wildman–Crippen LogP) is 3.32. The third kappa shape index (κ3) is 5.56. The number of alkyl halides is 1. The SMILES string of the molecule is C[C@H](Br)[C@H]1C(=O)N(CC(=O)OC(C)(C)C)[C@@H]1[C@@H](C)C(=O)OCc1ccccc1. The van der Waals surface area contributed by atoms with Crippen LogP contribution in [-0.4, -0.2) is 45.8 Å². The van der Waals surface area contributed by atoms with Crippen molar-refractivity contribution in [3.05, 3.63) is 35.9 Å². The fourth-order valence-corrected chi connectivity index (χ4v) is 3.88. The molecule has 1 aromatic carbocycles. The van der Waals surface area contributed by atoms with Crippen LogP contribution in [0.15, 0.2) is 30.3 Å². The highest BCUT2D eigenvalue weighted by Gasteiger charge is 2.54. The number of amides is 1. The molecule has 1 aliphatic rings. The quantitative estimate of drug-likeness (QED) is 0.359. The maximum absolute atomic E-state index is 12.6. The van der Waals surface area contributed by atoms with Gasteiger partial charge in [0.05, 0.1) is 17.9 Å². The van der Waals surface area contributed by atoms with Crippen molar-refractivity contribution >= 4 is 33.8 Å². The molecule has 28 heavy (non-hydrogen) atoms. The summed E-state index contributed by atoms with van der Waals surface area (Å²) < 4.78 is 10.8. The minimum absolute atomic E-state index is 0.121. The van der Waals surface area contributed by atoms with Gasteiger partial charge in [0.25, 0.3) is 0 Å². The van der Waals surface area contributed by atoms with E-state index in [1.54, 1.807) is 27.7 Å². The van der Waals surface area contributed by atoms with E-state index in [0.29, 0.717) is 0 Å². The summed E-state index contributed by atoms with van der Waals surface area (Å²) in [6.07, 6.45) is 0. The largest absolute Gasteiger partial charge is 0.461 e. The third-order valence-electron chi connectivity index (χ3n) is 4.62. The van der Waals surface area contributed by atoms with E-state index >= 15 is 0 Å². The van der Waals surface area contributed by atoms with Crippen LogP contribution < -0.4 is 0 Å². The summed E-state index contributed by atoms with van der Waals surface area (Å²) in [6, 6.07) is 8.98. The van der Waals surface area contributed by atoms with Gasteiger partial charge >= 0.3 is 11.9 Å². The number of hydrogen-bond acceptors (Lipinski definition) is 5. The molecule has 0 radical (unpaired) electrons. The van der Waals surface area contributed by atoms with Crippen molar-refractivity contribution in [1.82, 2.24) is 4.90 Å². The Balaban J connectivity index is 2.05. The average Bonchev–Trinajstić information content (AvgIpc) is 2.60. The molecule has 2 rings (SSSR count). The molecule has 1 saturated heterocycles. The van der Waals surface area contributed by atoms with Crippen molar-refractivity contribution in [1.29, 1.82) is 0 Å². The molecule has 1 fully saturated rings. The average molecular weight is 454 g/mol. The highest BCUT2D eigenvalue weighted by Crippen LogP contribution is 2.37. The van der Waals surface area contributed by atoms with Gasteiger partial charge in [-0.25, -0.2) is 0 Å². The molecule has 1 amide bonds. The van der Waals surface area contributed by atoms with Gasteiger partial charge in [-0.2, -0.15) is 0 Å². The van der Waals surface area contributed by atoms with E-state index in [-0.39, 0.29) is 29.8 Å². The van der Waals surface area contributed by atoms with E-state index in [9.17, 15) is 14.4 Å². The summed E-state index contributed by atoms with van der Waals surface area (Å²) in [6.45, 7) is 8.91. The van der Waals surface area contributed by atoms with E-state index in [1.165, 1.54) is 4.90 Å². The molecule has 154 valence electrons. The van der Waals surface area contributed by atoms with Crippen LogP contribution in [0.5, 0.6) is 0 Å². The first-order valence-electron chi connectivity index (χ1n) is 9.38. The van der Waals surface area contributed by atoms with Crippen molar-refractivity contribution in [2.45, 2.75) is 57.7 Å². The Hall–Kier alpha value is -1.89. The van der Waals surface area contributed by atoms with Gasteiger partial charge in [0.2, 0.25) is 5.91 Å². The van der Waals surface area contributed by atoms with E-state index in [4.69, 9.17) is 9.47 Å². The lowest BCUT2D eigenvalue weighted by Gasteiger charge is -2.50. The normalized spacial score (nSPS) is 21.5. The molecule has 0 N–H and O–H groups in total. The maximum atomic E-state index is 12.6. The zero-order chi connectivity index (χ0) is 21.1. The first kappa shape index (κ1) is 22.4. The lowest BCUT2D eigenvalue weighted by Crippen LogP contribution is -2.67. The summed E-state index contributed by atoms with van der Waals surface area (Å²) >= 11 is 3.45. The van der Waals surface area contributed by atoms with Gasteiger partial charge in [-0.3, -0.25) is 14.4 Å². The Bertz CT molecular complexity index is 713. The summed E-state index contributed by atoms with van der Waals surface area (Å²) in [4.78, 5) is 38.6. The minimum Gasteiger partial charge on any atom is -0.461 e. The number of likely N-dealkylation sites (tertiary alicyclic amines) is 1. The zero-order valence-electron chi connectivity index (χ0n) is 17.0. The second-order valence-corrected chi connectivity index (χ2v) is 9.57. The number of hydrogen-bond donors (Lipinski definition) is 0. The van der Waals surface area contributed by atoms with E-state index in [2.05, 4.69) is 15.9 Å². The molecule has 1 heterocycles. The van der Waals surface area contributed by atoms with E-state index in [1.807, 2.05) is 37.3 Å². The molecule has 1 aliphatic heterocycles. The molecule has 0 aliphatic carbocycles. The Kier molecular flexibility index (Phi) is 7.26. The van der Waals surface area contributed by atoms with Crippen molar-refractivity contribution in [2.75, 3.05) is 6.54 Å². The van der Waals surface area contributed by atoms with Gasteiger partial charge in [-0.05, 0) is 33.3 Å². The molecule has 1 aromatic rings. The van der Waals surface area contributed by atoms with E-state index in [0.717, 1.165) is 5.56 Å². The molecule has 7 heteroatoms. The number of carbonyl (C=O) groups excluding carboxylic acids is 3. The first-order valence-corrected chi connectivity index (χ1v) is 10.3. The number of halogens is 1. The van der Waals surface area contributed by atoms with Gasteiger partial charge in [0.15, 0.2) is 0 Å². The monoisotopic (exact) mass is 453 g/mol. The highest BCUT2D eigenvalue weighted by atomic mass is 79.9. The molecule has 4 atom stereocenters. The second-order valence-electron chi connectivity index (χ2n) is 8.13. The van der Waals surface area contributed by atoms with Crippen LogP contribution in [0.1, 0.15) is 40.2 Å². The predicted molar refractivity (Wildman–Crippen MR) is 109 cm³/mol. The van der Waals surface area contributed by atoms with Crippen LogP contribution >= 0.6 is 15.9 Å². The minimum atomic E-state index is -0.636. The number of ether oxygens (including phenoxy) is 2. The summed E-state index contributed by atoms with van der Waals surface area (Å²) in [5.41, 5.74) is 0.256. The Morgan fingerprint density at radius 3 is 2.32 bits per heavy atom. The number of rotatable bonds is 7. The number of esters is 2. The Morgan fingerprint density at radius 1 is 1.18 bits per heavy atom. The Morgan fingerprint density at radius 2 is 1.79 bits per heavy atom. The standard InChI is InChI=1S/C21H28BrNO5/c1-13(20(26)27-12-15-9-7-6-8-10-15)18-17(14(2)22)19(25)23(18)11-16(24)28-21(3,4)5/h6-10,13-14,17-18H,11-12H2,1-5H3/t13-,14+,17-,18-/m1/s1. The molecule has 0 aromatic heterocycles. The maximum Gasteiger partial charge on any atom is 0.326 e. The number of benzene rings is 1. The van der Waals surface area contributed by atoms with E-state index < -0.39 is 29.5 Å². The molecule has 0 saturated carbocycles. The van der Waals surface area contributed by atoms with Gasteiger partial charge < -0.3 is 14.4 Å². The summed E-state index contributed by atoms with van der Waals surface area (Å²) in [7, 11) is 0. The van der Waals surface area contributed by atoms with Crippen molar-refractivity contribution in [3.8, 4) is 0 Å². The molecule has 0 spiro atoms. The number of β-lactam (4-membered cyclic amide) rings is 1. The van der Waals surface area contributed by atoms with Crippen molar-refractivity contribution < 1.29 is 23.9 Å². The molecular weight excluding hydrogens is 426 g/mol. The van der Waals surface area contributed by atoms with Crippen LogP contribution in [0.4, 0.5) is 0 Å². The van der Waals surface area contributed by atoms with Gasteiger partial charge in [0.1, 0.15) is 18.8 Å². The van der Waals surface area contributed by atoms with Gasteiger partial charge in [-0.1, -0.05) is 53.2 Å². The van der Waals surface area contributed by atoms with Crippen LogP contribution in [-0.2, 0) is 30.5 Å². The fraction of sp³-hybridized carbons (Fsp3) is 0.571. The fourth-order valence-electron chi connectivity index (χ4n) is 3.34. The lowest BCUT2D eigenvalue weighted by atomic mass is 9.77. The zero-order valence-corrected chi connectivity index (χ0v) is 18.6. The molecule has 0 bridgehead atoms. The van der Waals surface area contributed by atoms with Crippen molar-refractivity contribution in [3.63, 3.8) is 0 Å². The van der Waals surface area contributed by atoms with Crippen LogP contribution in [0, 0.1) is 11.8 Å². The smallest absolute Gasteiger partial charge is 0.326 e. The highest BCUT2D eigenvalue weighted by molar-refractivity contribution is 9.09. The Labute approximate surface area is 174 Å². The number of nitrogens with zero attached hydrogens (tertiary/aromatic N) is 1.